The predicted molar refractivity (Wildman–Crippen MR) is 168 cm³/mol. The van der Waals surface area contributed by atoms with Crippen LogP contribution in [0.1, 0.15) is 34.6 Å². The Morgan fingerprint density at radius 1 is 0.860 bits per heavy atom. The predicted octanol–water partition coefficient (Wildman–Crippen LogP) is 6.92. The van der Waals surface area contributed by atoms with Crippen LogP contribution in [-0.4, -0.2) is 45.1 Å². The lowest BCUT2D eigenvalue weighted by molar-refractivity contribution is 0.0944. The molecule has 4 aromatic carbocycles. The molecule has 8 heteroatoms. The molecule has 0 aliphatic carbocycles. The van der Waals surface area contributed by atoms with Crippen molar-refractivity contribution in [3.8, 4) is 28.2 Å². The topological polar surface area (TPSA) is 83.8 Å². The van der Waals surface area contributed by atoms with E-state index in [1.165, 1.54) is 12.1 Å². The number of anilines is 1. The maximum atomic E-state index is 13.7. The van der Waals surface area contributed by atoms with Crippen LogP contribution in [0.3, 0.4) is 0 Å². The number of para-hydroxylation sites is 1. The third-order valence-corrected chi connectivity index (χ3v) is 7.31. The fourth-order valence-electron chi connectivity index (χ4n) is 5.12. The highest BCUT2D eigenvalue weighted by Crippen LogP contribution is 2.41. The second kappa shape index (κ2) is 13.2. The molecule has 0 atom stereocenters. The maximum Gasteiger partial charge on any atom is 0.255 e. The number of hydrogen-bond acceptors (Lipinski definition) is 5. The maximum absolute atomic E-state index is 13.7. The number of nitrogens with one attached hydrogen (secondary N) is 2. The third-order valence-electron chi connectivity index (χ3n) is 7.31. The van der Waals surface area contributed by atoms with E-state index < -0.39 is 0 Å². The van der Waals surface area contributed by atoms with Crippen molar-refractivity contribution >= 4 is 28.5 Å². The molecule has 2 amide bonds. The van der Waals surface area contributed by atoms with Gasteiger partial charge >= 0.3 is 0 Å². The number of benzene rings is 4. The molecular weight excluding hydrogens is 545 g/mol. The normalized spacial score (nSPS) is 10.9. The number of carbonyl (C=O) groups excluding carboxylic acids is 2. The van der Waals surface area contributed by atoms with E-state index in [9.17, 15) is 14.0 Å². The van der Waals surface area contributed by atoms with Crippen LogP contribution in [0.5, 0.6) is 5.75 Å². The first kappa shape index (κ1) is 29.4. The van der Waals surface area contributed by atoms with E-state index in [-0.39, 0.29) is 17.6 Å². The molecule has 5 rings (SSSR count). The molecule has 220 valence electrons. The molecule has 0 fully saturated rings. The van der Waals surface area contributed by atoms with Gasteiger partial charge in [0.2, 0.25) is 0 Å². The Hall–Kier alpha value is -5.11. The fraction of sp³-hybridized carbons (Fsp3) is 0.200. The average molecular weight is 580 g/mol. The molecule has 0 spiro atoms. The minimum atomic E-state index is -0.375. The van der Waals surface area contributed by atoms with Crippen LogP contribution in [0.15, 0.2) is 95.4 Å². The second-order valence-electron chi connectivity index (χ2n) is 9.93. The van der Waals surface area contributed by atoms with Gasteiger partial charge in [-0.2, -0.15) is 0 Å². The number of halogens is 1. The van der Waals surface area contributed by atoms with Crippen molar-refractivity contribution < 1.29 is 23.1 Å². The second-order valence-corrected chi connectivity index (χ2v) is 9.93. The van der Waals surface area contributed by atoms with Gasteiger partial charge < -0.3 is 24.7 Å². The molecule has 0 saturated carbocycles. The van der Waals surface area contributed by atoms with Crippen LogP contribution in [0.2, 0.25) is 0 Å². The molecule has 5 aromatic rings. The Balaban J connectivity index is 1.53. The Labute approximate surface area is 250 Å². The Bertz CT molecular complexity index is 1730. The van der Waals surface area contributed by atoms with Gasteiger partial charge in [0, 0.05) is 54.0 Å². The zero-order valence-corrected chi connectivity index (χ0v) is 24.4. The standard InChI is InChI=1S/C35H34FN3O4/c1-4-39(5-2)30-22-31-29(32(35(41)37-3)33(43-31)23-14-16-26(36)17-15-23)21-28(30)24-10-9-11-25(20-24)34(40)38-18-19-42-27-12-7-6-8-13-27/h6-17,20-22H,4-5,18-19H2,1-3H3,(H,37,41)(H,38,40). The van der Waals surface area contributed by atoms with Crippen LogP contribution in [0.25, 0.3) is 33.4 Å². The van der Waals surface area contributed by atoms with E-state index >= 15 is 0 Å². The van der Waals surface area contributed by atoms with Crippen molar-refractivity contribution in [2.24, 2.45) is 0 Å². The highest BCUT2D eigenvalue weighted by Gasteiger charge is 2.24. The van der Waals surface area contributed by atoms with E-state index in [2.05, 4.69) is 29.4 Å². The largest absolute Gasteiger partial charge is 0.492 e. The first-order chi connectivity index (χ1) is 20.9. The van der Waals surface area contributed by atoms with Crippen molar-refractivity contribution in [1.29, 1.82) is 0 Å². The fourth-order valence-corrected chi connectivity index (χ4v) is 5.12. The van der Waals surface area contributed by atoms with Gasteiger partial charge in [0.05, 0.1) is 12.1 Å². The summed E-state index contributed by atoms with van der Waals surface area (Å²) in [4.78, 5) is 28.4. The van der Waals surface area contributed by atoms with Gasteiger partial charge in [-0.05, 0) is 74.0 Å². The number of ether oxygens (including phenoxy) is 1. The SMILES string of the molecule is CCN(CC)c1cc2oc(-c3ccc(F)cc3)c(C(=O)NC)c2cc1-c1cccc(C(=O)NCCOc2ccccc2)c1. The zero-order valence-electron chi connectivity index (χ0n) is 24.4. The smallest absolute Gasteiger partial charge is 0.255 e. The summed E-state index contributed by atoms with van der Waals surface area (Å²) in [6.45, 7) is 6.32. The van der Waals surface area contributed by atoms with Crippen LogP contribution in [0.4, 0.5) is 10.1 Å². The van der Waals surface area contributed by atoms with Crippen molar-refractivity contribution in [2.75, 3.05) is 38.2 Å². The van der Waals surface area contributed by atoms with E-state index in [1.54, 1.807) is 25.2 Å². The molecule has 0 saturated heterocycles. The number of hydrogen-bond donors (Lipinski definition) is 2. The summed E-state index contributed by atoms with van der Waals surface area (Å²) in [5, 5.41) is 6.26. The third kappa shape index (κ3) is 6.38. The average Bonchev–Trinajstić information content (AvgIpc) is 3.42. The van der Waals surface area contributed by atoms with Crippen molar-refractivity contribution in [3.05, 3.63) is 108 Å². The van der Waals surface area contributed by atoms with Gasteiger partial charge in [-0.1, -0.05) is 30.3 Å². The van der Waals surface area contributed by atoms with E-state index in [4.69, 9.17) is 9.15 Å². The van der Waals surface area contributed by atoms with Crippen LogP contribution in [0, 0.1) is 5.82 Å². The molecule has 0 radical (unpaired) electrons. The summed E-state index contributed by atoms with van der Waals surface area (Å²) in [5.41, 5.74) is 4.60. The van der Waals surface area contributed by atoms with Gasteiger partial charge in [0.25, 0.3) is 11.8 Å². The molecule has 7 nitrogen and oxygen atoms in total. The quantitative estimate of drug-likeness (QED) is 0.166. The van der Waals surface area contributed by atoms with Crippen molar-refractivity contribution in [1.82, 2.24) is 10.6 Å². The molecule has 0 aliphatic heterocycles. The summed E-state index contributed by atoms with van der Waals surface area (Å²) < 4.78 is 25.7. The summed E-state index contributed by atoms with van der Waals surface area (Å²) in [5.74, 6) is 0.210. The van der Waals surface area contributed by atoms with Crippen LogP contribution in [-0.2, 0) is 0 Å². The van der Waals surface area contributed by atoms with E-state index in [1.807, 2.05) is 60.7 Å². The summed E-state index contributed by atoms with van der Waals surface area (Å²) in [7, 11) is 1.56. The van der Waals surface area contributed by atoms with E-state index in [0.717, 1.165) is 35.7 Å². The van der Waals surface area contributed by atoms with Crippen molar-refractivity contribution in [3.63, 3.8) is 0 Å². The highest BCUT2D eigenvalue weighted by molar-refractivity contribution is 6.13. The zero-order chi connectivity index (χ0) is 30.3. The number of amides is 2. The highest BCUT2D eigenvalue weighted by atomic mass is 19.1. The van der Waals surface area contributed by atoms with Crippen molar-refractivity contribution in [2.45, 2.75) is 13.8 Å². The lowest BCUT2D eigenvalue weighted by atomic mass is 9.96. The minimum absolute atomic E-state index is 0.211. The molecular formula is C35H34FN3O4. The van der Waals surface area contributed by atoms with Gasteiger partial charge in [0.1, 0.15) is 29.5 Å². The molecule has 0 bridgehead atoms. The van der Waals surface area contributed by atoms with Gasteiger partial charge in [-0.3, -0.25) is 9.59 Å². The Kier molecular flexibility index (Phi) is 9.05. The summed E-state index contributed by atoms with van der Waals surface area (Å²) >= 11 is 0. The lowest BCUT2D eigenvalue weighted by Gasteiger charge is -2.24. The molecule has 1 aromatic heterocycles. The number of rotatable bonds is 11. The molecule has 43 heavy (non-hydrogen) atoms. The minimum Gasteiger partial charge on any atom is -0.492 e. The lowest BCUT2D eigenvalue weighted by Crippen LogP contribution is -2.28. The molecule has 2 N–H and O–H groups in total. The monoisotopic (exact) mass is 579 g/mol. The Morgan fingerprint density at radius 3 is 2.30 bits per heavy atom. The molecule has 0 unspecified atom stereocenters. The van der Waals surface area contributed by atoms with E-state index in [0.29, 0.717) is 46.6 Å². The first-order valence-electron chi connectivity index (χ1n) is 14.3. The van der Waals surface area contributed by atoms with Gasteiger partial charge in [-0.25, -0.2) is 4.39 Å². The first-order valence-corrected chi connectivity index (χ1v) is 14.3. The van der Waals surface area contributed by atoms with Crippen LogP contribution < -0.4 is 20.3 Å². The number of nitrogens with zero attached hydrogens (tertiary/aromatic N) is 1. The summed E-state index contributed by atoms with van der Waals surface area (Å²) in [6.07, 6.45) is 0. The van der Waals surface area contributed by atoms with Crippen LogP contribution >= 0.6 is 0 Å². The number of fused-ring (bicyclic) bond motifs is 1. The van der Waals surface area contributed by atoms with Gasteiger partial charge in [-0.15, -0.1) is 0 Å². The molecule has 1 heterocycles. The number of furan rings is 1. The summed E-state index contributed by atoms with van der Waals surface area (Å²) in [6, 6.07) is 26.6. The number of carbonyl (C=O) groups is 2. The Morgan fingerprint density at radius 2 is 1.60 bits per heavy atom. The van der Waals surface area contributed by atoms with Gasteiger partial charge in [0.15, 0.2) is 0 Å². The molecule has 0 aliphatic rings.